The predicted octanol–water partition coefficient (Wildman–Crippen LogP) is 0.841. The van der Waals surface area contributed by atoms with E-state index in [4.69, 9.17) is 9.88 Å². The number of hydrogen-bond donors (Lipinski definition) is 1. The molecule has 1 atom stereocenters. The van der Waals surface area contributed by atoms with Crippen molar-refractivity contribution in [1.82, 2.24) is 0 Å². The third-order valence-corrected chi connectivity index (χ3v) is 3.38. The fraction of sp³-hybridized carbons (Fsp3) is 0.400. The molecule has 1 unspecified atom stereocenters. The number of rotatable bonds is 2. The maximum Gasteiger partial charge on any atom is 0.209 e. The Morgan fingerprint density at radius 3 is 2.87 bits per heavy atom. The first-order chi connectivity index (χ1) is 7.06. The van der Waals surface area contributed by atoms with Crippen molar-refractivity contribution >= 4 is 10.0 Å². The Bertz CT molecular complexity index is 455. The molecule has 0 amide bonds. The van der Waals surface area contributed by atoms with Crippen LogP contribution in [-0.4, -0.2) is 20.8 Å². The van der Waals surface area contributed by atoms with Crippen LogP contribution < -0.4 is 9.88 Å². The van der Waals surface area contributed by atoms with Crippen LogP contribution in [0.3, 0.4) is 0 Å². The van der Waals surface area contributed by atoms with Crippen molar-refractivity contribution in [3.63, 3.8) is 0 Å². The van der Waals surface area contributed by atoms with Crippen LogP contribution in [0.2, 0.25) is 0 Å². The Kier molecular flexibility index (Phi) is 2.67. The first-order valence-corrected chi connectivity index (χ1v) is 6.50. The van der Waals surface area contributed by atoms with Crippen molar-refractivity contribution < 1.29 is 13.2 Å². The molecule has 0 fully saturated rings. The maximum absolute atomic E-state index is 11.0. The molecule has 0 aromatic heterocycles. The van der Waals surface area contributed by atoms with Crippen LogP contribution in [0, 0.1) is 0 Å². The molecule has 2 N–H and O–H groups in total. The minimum absolute atomic E-state index is 0.00657. The number of primary sulfonamides is 1. The van der Waals surface area contributed by atoms with Gasteiger partial charge in [0.15, 0.2) is 0 Å². The molecule has 0 radical (unpaired) electrons. The fourth-order valence-corrected chi connectivity index (χ4v) is 2.78. The van der Waals surface area contributed by atoms with Crippen molar-refractivity contribution in [1.29, 1.82) is 0 Å². The van der Waals surface area contributed by atoms with E-state index in [2.05, 4.69) is 0 Å². The largest absolute Gasteiger partial charge is 0.493 e. The van der Waals surface area contributed by atoms with Gasteiger partial charge in [-0.2, -0.15) is 0 Å². The smallest absolute Gasteiger partial charge is 0.209 e. The monoisotopic (exact) mass is 227 g/mol. The lowest BCUT2D eigenvalue weighted by Gasteiger charge is -2.24. The molecule has 0 saturated carbocycles. The molecule has 0 aliphatic carbocycles. The maximum atomic E-state index is 11.0. The number of sulfonamides is 1. The highest BCUT2D eigenvalue weighted by Crippen LogP contribution is 2.33. The molecular formula is C10H13NO3S. The Hall–Kier alpha value is -1.07. The molecule has 1 aromatic carbocycles. The molecular weight excluding hydrogens is 214 g/mol. The first kappa shape index (κ1) is 10.4. The van der Waals surface area contributed by atoms with E-state index in [-0.39, 0.29) is 11.7 Å². The molecule has 0 bridgehead atoms. The molecule has 5 heteroatoms. The Labute approximate surface area is 89.1 Å². The van der Waals surface area contributed by atoms with Crippen LogP contribution in [0.4, 0.5) is 0 Å². The standard InChI is InChI=1S/C10H13NO3S/c11-15(12,13)7-8-5-6-14-10-4-2-1-3-9(8)10/h1-4,8H,5-7H2,(H2,11,12,13). The van der Waals surface area contributed by atoms with Crippen molar-refractivity contribution in [2.24, 2.45) is 5.14 Å². The Balaban J connectivity index is 2.30. The van der Waals surface area contributed by atoms with Crippen LogP contribution in [0.5, 0.6) is 5.75 Å². The topological polar surface area (TPSA) is 69.4 Å². The van der Waals surface area contributed by atoms with E-state index in [0.29, 0.717) is 13.0 Å². The summed E-state index contributed by atoms with van der Waals surface area (Å²) in [6.45, 7) is 0.553. The van der Waals surface area contributed by atoms with E-state index < -0.39 is 10.0 Å². The number of fused-ring (bicyclic) bond motifs is 1. The highest BCUT2D eigenvalue weighted by Gasteiger charge is 2.24. The van der Waals surface area contributed by atoms with Crippen LogP contribution in [0.15, 0.2) is 24.3 Å². The number of hydrogen-bond acceptors (Lipinski definition) is 3. The molecule has 1 heterocycles. The summed E-state index contributed by atoms with van der Waals surface area (Å²) in [6.07, 6.45) is 0.702. The molecule has 82 valence electrons. The average Bonchev–Trinajstić information content (AvgIpc) is 2.16. The second-order valence-electron chi connectivity index (χ2n) is 3.70. The lowest BCUT2D eigenvalue weighted by molar-refractivity contribution is 0.272. The zero-order chi connectivity index (χ0) is 10.9. The highest BCUT2D eigenvalue weighted by molar-refractivity contribution is 7.89. The zero-order valence-electron chi connectivity index (χ0n) is 8.22. The lowest BCUT2D eigenvalue weighted by Crippen LogP contribution is -2.25. The van der Waals surface area contributed by atoms with Crippen molar-refractivity contribution in [3.05, 3.63) is 29.8 Å². The second-order valence-corrected chi connectivity index (χ2v) is 5.36. The second kappa shape index (κ2) is 3.83. The van der Waals surface area contributed by atoms with Gasteiger partial charge in [0, 0.05) is 5.92 Å². The summed E-state index contributed by atoms with van der Waals surface area (Å²) in [5, 5.41) is 5.05. The van der Waals surface area contributed by atoms with Gasteiger partial charge >= 0.3 is 0 Å². The number of para-hydroxylation sites is 1. The summed E-state index contributed by atoms with van der Waals surface area (Å²) in [7, 11) is -3.42. The van der Waals surface area contributed by atoms with Crippen LogP contribution in [0.1, 0.15) is 17.9 Å². The van der Waals surface area contributed by atoms with Gasteiger partial charge in [0.25, 0.3) is 0 Å². The molecule has 4 nitrogen and oxygen atoms in total. The minimum Gasteiger partial charge on any atom is -0.493 e. The van der Waals surface area contributed by atoms with Gasteiger partial charge in [-0.15, -0.1) is 0 Å². The van der Waals surface area contributed by atoms with Crippen molar-refractivity contribution in [2.75, 3.05) is 12.4 Å². The SMILES string of the molecule is NS(=O)(=O)CC1CCOc2ccccc21. The summed E-state index contributed by atoms with van der Waals surface area (Å²) < 4.78 is 27.5. The van der Waals surface area contributed by atoms with Crippen LogP contribution in [-0.2, 0) is 10.0 Å². The van der Waals surface area contributed by atoms with Gasteiger partial charge in [-0.05, 0) is 18.1 Å². The van der Waals surface area contributed by atoms with E-state index in [9.17, 15) is 8.42 Å². The van der Waals surface area contributed by atoms with Crippen molar-refractivity contribution in [3.8, 4) is 5.75 Å². The molecule has 15 heavy (non-hydrogen) atoms. The Morgan fingerprint density at radius 1 is 1.40 bits per heavy atom. The first-order valence-electron chi connectivity index (χ1n) is 4.78. The summed E-state index contributed by atoms with van der Waals surface area (Å²) >= 11 is 0. The summed E-state index contributed by atoms with van der Waals surface area (Å²) in [5.74, 6) is 0.732. The minimum atomic E-state index is -3.42. The van der Waals surface area contributed by atoms with Crippen molar-refractivity contribution in [2.45, 2.75) is 12.3 Å². The normalized spacial score (nSPS) is 20.5. The van der Waals surface area contributed by atoms with E-state index in [1.54, 1.807) is 0 Å². The number of ether oxygens (including phenoxy) is 1. The van der Waals surface area contributed by atoms with Gasteiger partial charge < -0.3 is 4.74 Å². The van der Waals surface area contributed by atoms with E-state index in [0.717, 1.165) is 11.3 Å². The molecule has 0 saturated heterocycles. The molecule has 0 spiro atoms. The summed E-state index contributed by atoms with van der Waals surface area (Å²) in [4.78, 5) is 0. The van der Waals surface area contributed by atoms with Crippen LogP contribution >= 0.6 is 0 Å². The third kappa shape index (κ3) is 2.49. The van der Waals surface area contributed by atoms with Gasteiger partial charge in [-0.25, -0.2) is 13.6 Å². The van der Waals surface area contributed by atoms with Gasteiger partial charge in [0.2, 0.25) is 10.0 Å². The summed E-state index contributed by atoms with van der Waals surface area (Å²) in [5.41, 5.74) is 0.942. The quantitative estimate of drug-likeness (QED) is 0.814. The molecule has 1 aliphatic heterocycles. The van der Waals surface area contributed by atoms with Gasteiger partial charge in [0.05, 0.1) is 12.4 Å². The fourth-order valence-electron chi connectivity index (χ4n) is 1.87. The lowest BCUT2D eigenvalue weighted by atomic mass is 9.95. The molecule has 2 rings (SSSR count). The molecule has 1 aromatic rings. The predicted molar refractivity (Wildman–Crippen MR) is 57.3 cm³/mol. The number of nitrogens with two attached hydrogens (primary N) is 1. The highest BCUT2D eigenvalue weighted by atomic mass is 32.2. The average molecular weight is 227 g/mol. The van der Waals surface area contributed by atoms with Crippen LogP contribution in [0.25, 0.3) is 0 Å². The van der Waals surface area contributed by atoms with Gasteiger partial charge in [-0.3, -0.25) is 0 Å². The zero-order valence-corrected chi connectivity index (χ0v) is 9.03. The summed E-state index contributed by atoms with van der Waals surface area (Å²) in [6, 6.07) is 7.50. The van der Waals surface area contributed by atoms with Gasteiger partial charge in [-0.1, -0.05) is 18.2 Å². The third-order valence-electron chi connectivity index (χ3n) is 2.52. The van der Waals surface area contributed by atoms with Gasteiger partial charge in [0.1, 0.15) is 5.75 Å². The van der Waals surface area contributed by atoms with E-state index in [1.807, 2.05) is 24.3 Å². The van der Waals surface area contributed by atoms with E-state index in [1.165, 1.54) is 0 Å². The molecule has 1 aliphatic rings. The Morgan fingerprint density at radius 2 is 2.13 bits per heavy atom. The number of benzene rings is 1. The van der Waals surface area contributed by atoms with E-state index >= 15 is 0 Å².